The van der Waals surface area contributed by atoms with Gasteiger partial charge in [0.25, 0.3) is 11.8 Å². The molecule has 2 N–H and O–H groups in total. The number of rotatable bonds is 5. The summed E-state index contributed by atoms with van der Waals surface area (Å²) in [5.41, 5.74) is 4.81. The first-order valence-electron chi connectivity index (χ1n) is 11.8. The molecule has 2 aliphatic heterocycles. The van der Waals surface area contributed by atoms with Crippen molar-refractivity contribution in [2.24, 2.45) is 7.05 Å². The van der Waals surface area contributed by atoms with Gasteiger partial charge in [0.15, 0.2) is 11.6 Å². The van der Waals surface area contributed by atoms with Crippen molar-refractivity contribution in [1.29, 1.82) is 0 Å². The van der Waals surface area contributed by atoms with E-state index in [1.165, 1.54) is 0 Å². The average Bonchev–Trinajstić information content (AvgIpc) is 3.52. The average molecular weight is 509 g/mol. The summed E-state index contributed by atoms with van der Waals surface area (Å²) in [5.74, 6) is -3.41. The Hall–Kier alpha value is -4.35. The van der Waals surface area contributed by atoms with Crippen molar-refractivity contribution < 1.29 is 18.0 Å². The fraction of sp³-hybridized carbons (Fsp3) is 0.280. The molecule has 0 saturated carbocycles. The number of hydrogen-bond donors (Lipinski definition) is 2. The topological polar surface area (TPSA) is 95.0 Å². The number of aromatic amines is 1. The van der Waals surface area contributed by atoms with Crippen molar-refractivity contribution in [3.05, 3.63) is 71.7 Å². The van der Waals surface area contributed by atoms with Gasteiger partial charge in [-0.3, -0.25) is 9.89 Å². The standard InChI is InChI=1S/C25H23F3N8O/c1-34-20(23(37)36-13-25(27,28)14-36)8-16-6-7-35(12-21(16)34)24-29-11-19(26)22(33-24)32-18-4-2-15(3-5-18)17-9-30-31-10-17/h2-5,8-11H,6-7,12-14H2,1H3,(H,30,31)(H,29,32,33). The van der Waals surface area contributed by atoms with Gasteiger partial charge in [0, 0.05) is 36.7 Å². The molecule has 5 heterocycles. The molecule has 1 aromatic carbocycles. The fourth-order valence-electron chi connectivity index (χ4n) is 4.73. The molecule has 190 valence electrons. The number of anilines is 3. The molecule has 4 aromatic rings. The number of amides is 1. The monoisotopic (exact) mass is 508 g/mol. The molecule has 0 radical (unpaired) electrons. The summed E-state index contributed by atoms with van der Waals surface area (Å²) < 4.78 is 42.8. The van der Waals surface area contributed by atoms with E-state index in [0.29, 0.717) is 36.8 Å². The highest BCUT2D eigenvalue weighted by Gasteiger charge is 2.47. The molecule has 2 aliphatic rings. The molecule has 0 bridgehead atoms. The predicted molar refractivity (Wildman–Crippen MR) is 130 cm³/mol. The van der Waals surface area contributed by atoms with Crippen LogP contribution in [0.1, 0.15) is 21.7 Å². The van der Waals surface area contributed by atoms with Crippen LogP contribution in [0, 0.1) is 5.82 Å². The smallest absolute Gasteiger partial charge is 0.282 e. The van der Waals surface area contributed by atoms with E-state index in [9.17, 15) is 18.0 Å². The molecule has 1 fully saturated rings. The molecule has 1 amide bonds. The van der Waals surface area contributed by atoms with Crippen molar-refractivity contribution in [3.63, 3.8) is 0 Å². The highest BCUT2D eigenvalue weighted by atomic mass is 19.3. The summed E-state index contributed by atoms with van der Waals surface area (Å²) in [7, 11) is 1.75. The van der Waals surface area contributed by atoms with Crippen LogP contribution in [0.5, 0.6) is 0 Å². The van der Waals surface area contributed by atoms with Crippen molar-refractivity contribution in [3.8, 4) is 11.1 Å². The lowest BCUT2D eigenvalue weighted by atomic mass is 10.1. The van der Waals surface area contributed by atoms with E-state index in [4.69, 9.17) is 0 Å². The summed E-state index contributed by atoms with van der Waals surface area (Å²) >= 11 is 0. The van der Waals surface area contributed by atoms with E-state index in [1.54, 1.807) is 30.1 Å². The minimum absolute atomic E-state index is 0.0494. The van der Waals surface area contributed by atoms with Crippen molar-refractivity contribution >= 4 is 23.4 Å². The maximum absolute atomic E-state index is 14.6. The fourth-order valence-corrected chi connectivity index (χ4v) is 4.73. The Bertz CT molecular complexity index is 1460. The molecule has 3 aromatic heterocycles. The summed E-state index contributed by atoms with van der Waals surface area (Å²) in [6.45, 7) is -0.144. The van der Waals surface area contributed by atoms with E-state index in [0.717, 1.165) is 33.5 Å². The lowest BCUT2D eigenvalue weighted by molar-refractivity contribution is -0.113. The van der Waals surface area contributed by atoms with Crippen LogP contribution in [0.15, 0.2) is 48.9 Å². The number of hydrogen-bond acceptors (Lipinski definition) is 6. The summed E-state index contributed by atoms with van der Waals surface area (Å²) in [5, 5.41) is 9.73. The minimum atomic E-state index is -2.81. The Balaban J connectivity index is 1.19. The zero-order valence-corrected chi connectivity index (χ0v) is 19.9. The molecule has 9 nitrogen and oxygen atoms in total. The second kappa shape index (κ2) is 8.64. The number of nitrogens with one attached hydrogen (secondary N) is 2. The zero-order chi connectivity index (χ0) is 25.7. The van der Waals surface area contributed by atoms with Crippen LogP contribution >= 0.6 is 0 Å². The summed E-state index contributed by atoms with van der Waals surface area (Å²) in [6.07, 6.45) is 5.26. The van der Waals surface area contributed by atoms with Gasteiger partial charge in [-0.25, -0.2) is 18.2 Å². The quantitative estimate of drug-likeness (QED) is 0.427. The largest absolute Gasteiger partial charge is 0.342 e. The van der Waals surface area contributed by atoms with Crippen LogP contribution in [-0.2, 0) is 20.0 Å². The second-order valence-corrected chi connectivity index (χ2v) is 9.31. The third-order valence-electron chi connectivity index (χ3n) is 6.78. The summed E-state index contributed by atoms with van der Waals surface area (Å²) in [6, 6.07) is 9.22. The van der Waals surface area contributed by atoms with E-state index in [-0.39, 0.29) is 5.82 Å². The Morgan fingerprint density at radius 2 is 1.92 bits per heavy atom. The van der Waals surface area contributed by atoms with Gasteiger partial charge >= 0.3 is 0 Å². The molecule has 1 saturated heterocycles. The Morgan fingerprint density at radius 3 is 2.62 bits per heavy atom. The van der Waals surface area contributed by atoms with Crippen LogP contribution in [0.3, 0.4) is 0 Å². The van der Waals surface area contributed by atoms with Gasteiger partial charge in [-0.15, -0.1) is 0 Å². The van der Waals surface area contributed by atoms with Crippen LogP contribution < -0.4 is 10.2 Å². The number of H-pyrrole nitrogens is 1. The van der Waals surface area contributed by atoms with E-state index < -0.39 is 30.7 Å². The van der Waals surface area contributed by atoms with Gasteiger partial charge in [-0.2, -0.15) is 10.1 Å². The number of fused-ring (bicyclic) bond motifs is 1. The second-order valence-electron chi connectivity index (χ2n) is 9.31. The third kappa shape index (κ3) is 4.28. The molecule has 0 atom stereocenters. The van der Waals surface area contributed by atoms with Gasteiger partial charge in [0.1, 0.15) is 5.69 Å². The van der Waals surface area contributed by atoms with Crippen LogP contribution in [-0.4, -0.2) is 61.1 Å². The summed E-state index contributed by atoms with van der Waals surface area (Å²) in [4.78, 5) is 24.4. The first-order valence-corrected chi connectivity index (χ1v) is 11.8. The molecule has 12 heteroatoms. The molecule has 0 aliphatic carbocycles. The molecule has 6 rings (SSSR count). The lowest BCUT2D eigenvalue weighted by Crippen LogP contribution is -2.58. The number of carbonyl (C=O) groups is 1. The Labute approximate surface area is 209 Å². The highest BCUT2D eigenvalue weighted by Crippen LogP contribution is 2.31. The molecular formula is C25H23F3N8O. The number of likely N-dealkylation sites (tertiary alicyclic amines) is 1. The molecule has 37 heavy (non-hydrogen) atoms. The first-order chi connectivity index (χ1) is 17.8. The Kier molecular flexibility index (Phi) is 5.39. The number of alkyl halides is 2. The predicted octanol–water partition coefficient (Wildman–Crippen LogP) is 3.74. The van der Waals surface area contributed by atoms with Gasteiger partial charge in [0.05, 0.1) is 32.0 Å². The maximum Gasteiger partial charge on any atom is 0.282 e. The van der Waals surface area contributed by atoms with Crippen LogP contribution in [0.4, 0.5) is 30.6 Å². The van der Waals surface area contributed by atoms with E-state index in [1.807, 2.05) is 29.2 Å². The van der Waals surface area contributed by atoms with Crippen molar-refractivity contribution in [1.82, 2.24) is 29.6 Å². The van der Waals surface area contributed by atoms with Crippen molar-refractivity contribution in [2.45, 2.75) is 18.9 Å². The minimum Gasteiger partial charge on any atom is -0.342 e. The van der Waals surface area contributed by atoms with E-state index in [2.05, 4.69) is 25.5 Å². The maximum atomic E-state index is 14.6. The first kappa shape index (κ1) is 23.1. The van der Waals surface area contributed by atoms with Gasteiger partial charge < -0.3 is 19.7 Å². The lowest BCUT2D eigenvalue weighted by Gasteiger charge is -2.38. The normalized spacial score (nSPS) is 16.3. The SMILES string of the molecule is Cn1c(C(=O)N2CC(F)(F)C2)cc2c1CN(c1ncc(F)c(Nc3ccc(-c4cn[nH]c4)cc3)n1)CC2. The number of benzene rings is 1. The van der Waals surface area contributed by atoms with Gasteiger partial charge in [0.2, 0.25) is 5.95 Å². The molecular weight excluding hydrogens is 485 g/mol. The van der Waals surface area contributed by atoms with E-state index >= 15 is 0 Å². The van der Waals surface area contributed by atoms with Gasteiger partial charge in [-0.05, 0) is 35.7 Å². The Morgan fingerprint density at radius 1 is 1.14 bits per heavy atom. The van der Waals surface area contributed by atoms with Crippen molar-refractivity contribution in [2.75, 3.05) is 29.9 Å². The van der Waals surface area contributed by atoms with Gasteiger partial charge in [-0.1, -0.05) is 12.1 Å². The van der Waals surface area contributed by atoms with Crippen LogP contribution in [0.2, 0.25) is 0 Å². The zero-order valence-electron chi connectivity index (χ0n) is 19.9. The third-order valence-corrected chi connectivity index (χ3v) is 6.78. The number of carbonyl (C=O) groups excluding carboxylic acids is 1. The number of aromatic nitrogens is 5. The molecule has 0 unspecified atom stereocenters. The number of nitrogens with zero attached hydrogens (tertiary/aromatic N) is 6. The molecule has 0 spiro atoms. The van der Waals surface area contributed by atoms with Crippen LogP contribution in [0.25, 0.3) is 11.1 Å². The number of halogens is 3. The highest BCUT2D eigenvalue weighted by molar-refractivity contribution is 5.94.